The third kappa shape index (κ3) is 5.14. The number of hydrogen-bond donors (Lipinski definition) is 2. The predicted molar refractivity (Wildman–Crippen MR) is 113 cm³/mol. The van der Waals surface area contributed by atoms with Crippen LogP contribution in [0.25, 0.3) is 16.8 Å². The van der Waals surface area contributed by atoms with Gasteiger partial charge < -0.3 is 20.5 Å². The molecule has 0 spiro atoms. The van der Waals surface area contributed by atoms with Crippen molar-refractivity contribution in [3.05, 3.63) is 60.2 Å². The molecule has 0 aliphatic rings. The van der Waals surface area contributed by atoms with Crippen molar-refractivity contribution < 1.29 is 31.8 Å². The molecule has 34 heavy (non-hydrogen) atoms. The first-order valence-corrected chi connectivity index (χ1v) is 9.61. The largest absolute Gasteiger partial charge is 0.573 e. The Balaban J connectivity index is 1.57. The molecular formula is C21H16F4N6O3. The number of nitrogen functional groups attached to an aromatic ring is 1. The van der Waals surface area contributed by atoms with Crippen LogP contribution in [0.2, 0.25) is 0 Å². The Hall–Kier alpha value is -4.42. The number of pyridine rings is 2. The molecule has 9 nitrogen and oxygen atoms in total. The Bertz CT molecular complexity index is 1370. The van der Waals surface area contributed by atoms with Gasteiger partial charge in [-0.05, 0) is 42.0 Å². The van der Waals surface area contributed by atoms with Crippen molar-refractivity contribution in [3.63, 3.8) is 0 Å². The van der Waals surface area contributed by atoms with Crippen molar-refractivity contribution in [1.29, 1.82) is 0 Å². The molecule has 4 aromatic rings. The maximum Gasteiger partial charge on any atom is 0.573 e. The number of hydrogen-bond acceptors (Lipinski definition) is 7. The van der Waals surface area contributed by atoms with E-state index in [9.17, 15) is 22.4 Å². The van der Waals surface area contributed by atoms with Crippen LogP contribution in [0, 0.1) is 5.82 Å². The standard InChI is InChI=1S/C21H16F4N6O3/c1-33-19-16(7-13(10-27-19)11-4-5-31-17(8-11)29-20(26)30-31)28-18(32)9-12-6-14(2-3-15(12)22)34-21(23,24)25/h2-8,10H,9H2,1H3,(H2,26,30)(H,28,32). The second-order valence-electron chi connectivity index (χ2n) is 6.99. The van der Waals surface area contributed by atoms with Gasteiger partial charge in [-0.3, -0.25) is 4.79 Å². The van der Waals surface area contributed by atoms with Crippen LogP contribution in [0.5, 0.6) is 11.6 Å². The molecule has 3 N–H and O–H groups in total. The number of anilines is 2. The van der Waals surface area contributed by atoms with Gasteiger partial charge in [-0.2, -0.15) is 4.98 Å². The summed E-state index contributed by atoms with van der Waals surface area (Å²) in [5, 5.41) is 6.54. The summed E-state index contributed by atoms with van der Waals surface area (Å²) in [6.07, 6.45) is -2.34. The van der Waals surface area contributed by atoms with E-state index in [1.54, 1.807) is 24.4 Å². The Morgan fingerprint density at radius 3 is 2.71 bits per heavy atom. The molecule has 0 unspecified atom stereocenters. The highest BCUT2D eigenvalue weighted by atomic mass is 19.4. The molecule has 0 aliphatic heterocycles. The Morgan fingerprint density at radius 2 is 1.97 bits per heavy atom. The number of halogens is 4. The highest BCUT2D eigenvalue weighted by Crippen LogP contribution is 2.29. The number of nitrogens with one attached hydrogen (secondary N) is 1. The van der Waals surface area contributed by atoms with Gasteiger partial charge in [0.05, 0.1) is 13.5 Å². The van der Waals surface area contributed by atoms with Crippen molar-refractivity contribution in [3.8, 4) is 22.8 Å². The lowest BCUT2D eigenvalue weighted by atomic mass is 10.1. The number of nitrogens with zero attached hydrogens (tertiary/aromatic N) is 4. The second-order valence-corrected chi connectivity index (χ2v) is 6.99. The molecule has 0 saturated heterocycles. The molecule has 0 fully saturated rings. The first-order chi connectivity index (χ1) is 16.1. The van der Waals surface area contributed by atoms with E-state index in [-0.39, 0.29) is 23.1 Å². The monoisotopic (exact) mass is 476 g/mol. The maximum atomic E-state index is 14.1. The molecule has 1 aromatic carbocycles. The fraction of sp³-hybridized carbons (Fsp3) is 0.143. The number of rotatable bonds is 6. The topological polar surface area (TPSA) is 117 Å². The smallest absolute Gasteiger partial charge is 0.480 e. The first-order valence-electron chi connectivity index (χ1n) is 9.61. The van der Waals surface area contributed by atoms with Gasteiger partial charge in [-0.1, -0.05) is 0 Å². The summed E-state index contributed by atoms with van der Waals surface area (Å²) in [5.41, 5.74) is 7.27. The molecule has 0 radical (unpaired) electrons. The average molecular weight is 476 g/mol. The summed E-state index contributed by atoms with van der Waals surface area (Å²) in [5.74, 6) is -2.01. The summed E-state index contributed by atoms with van der Waals surface area (Å²) in [6.45, 7) is 0. The Morgan fingerprint density at radius 1 is 1.18 bits per heavy atom. The molecule has 0 saturated carbocycles. The SMILES string of the molecule is COc1ncc(-c2ccn3nc(N)nc3c2)cc1NC(=O)Cc1cc(OC(F)(F)F)ccc1F. The van der Waals surface area contributed by atoms with Crippen molar-refractivity contribution in [2.24, 2.45) is 0 Å². The van der Waals surface area contributed by atoms with Gasteiger partial charge in [0.15, 0.2) is 5.65 Å². The number of methoxy groups -OCH3 is 1. The molecule has 4 rings (SSSR count). The van der Waals surface area contributed by atoms with Crippen molar-refractivity contribution in [2.75, 3.05) is 18.2 Å². The summed E-state index contributed by atoms with van der Waals surface area (Å²) < 4.78 is 61.9. The zero-order valence-corrected chi connectivity index (χ0v) is 17.4. The summed E-state index contributed by atoms with van der Waals surface area (Å²) in [6, 6.07) is 7.45. The minimum absolute atomic E-state index is 0.0829. The highest BCUT2D eigenvalue weighted by Gasteiger charge is 2.31. The van der Waals surface area contributed by atoms with E-state index in [2.05, 4.69) is 25.1 Å². The van der Waals surface area contributed by atoms with E-state index in [1.807, 2.05) is 0 Å². The van der Waals surface area contributed by atoms with Crippen molar-refractivity contribution in [2.45, 2.75) is 12.8 Å². The molecular weight excluding hydrogens is 460 g/mol. The van der Waals surface area contributed by atoms with Gasteiger partial charge in [0.2, 0.25) is 17.7 Å². The number of amides is 1. The molecule has 3 aromatic heterocycles. The van der Waals surface area contributed by atoms with Crippen LogP contribution >= 0.6 is 0 Å². The number of alkyl halides is 3. The number of carbonyl (C=O) groups excluding carboxylic acids is 1. The lowest BCUT2D eigenvalue weighted by molar-refractivity contribution is -0.274. The Kier molecular flexibility index (Phi) is 5.92. The summed E-state index contributed by atoms with van der Waals surface area (Å²) in [7, 11) is 1.35. The number of ether oxygens (including phenoxy) is 2. The van der Waals surface area contributed by atoms with E-state index < -0.39 is 30.3 Å². The van der Waals surface area contributed by atoms with Crippen LogP contribution in [-0.4, -0.2) is 39.0 Å². The zero-order chi connectivity index (χ0) is 24.5. The lowest BCUT2D eigenvalue weighted by Gasteiger charge is -2.13. The lowest BCUT2D eigenvalue weighted by Crippen LogP contribution is -2.18. The minimum Gasteiger partial charge on any atom is -0.480 e. The quantitative estimate of drug-likeness (QED) is 0.409. The van der Waals surface area contributed by atoms with Gasteiger partial charge in [-0.15, -0.1) is 18.3 Å². The van der Waals surface area contributed by atoms with Crippen LogP contribution in [0.4, 0.5) is 29.2 Å². The van der Waals surface area contributed by atoms with E-state index >= 15 is 0 Å². The average Bonchev–Trinajstić information content (AvgIpc) is 3.14. The van der Waals surface area contributed by atoms with Gasteiger partial charge in [0, 0.05) is 23.5 Å². The van der Waals surface area contributed by atoms with E-state index in [1.165, 1.54) is 17.8 Å². The minimum atomic E-state index is -4.95. The predicted octanol–water partition coefficient (Wildman–Crippen LogP) is 3.60. The van der Waals surface area contributed by atoms with E-state index in [4.69, 9.17) is 10.5 Å². The molecule has 1 amide bonds. The number of nitrogens with two attached hydrogens (primary N) is 1. The van der Waals surface area contributed by atoms with Gasteiger partial charge in [-0.25, -0.2) is 13.9 Å². The summed E-state index contributed by atoms with van der Waals surface area (Å²) >= 11 is 0. The van der Waals surface area contributed by atoms with Gasteiger partial charge >= 0.3 is 6.36 Å². The number of carbonyl (C=O) groups is 1. The van der Waals surface area contributed by atoms with Gasteiger partial charge in [0.25, 0.3) is 0 Å². The molecule has 3 heterocycles. The number of fused-ring (bicyclic) bond motifs is 1. The third-order valence-corrected chi connectivity index (χ3v) is 4.61. The summed E-state index contributed by atoms with van der Waals surface area (Å²) in [4.78, 5) is 20.8. The van der Waals surface area contributed by atoms with E-state index in [0.29, 0.717) is 16.8 Å². The van der Waals surface area contributed by atoms with Crippen LogP contribution in [-0.2, 0) is 11.2 Å². The highest BCUT2D eigenvalue weighted by molar-refractivity contribution is 5.94. The molecule has 0 aliphatic carbocycles. The van der Waals surface area contributed by atoms with E-state index in [0.717, 1.165) is 18.2 Å². The Labute approximate surface area is 189 Å². The first kappa shape index (κ1) is 22.8. The maximum absolute atomic E-state index is 14.1. The van der Waals surface area contributed by atoms with Gasteiger partial charge in [0.1, 0.15) is 17.3 Å². The molecule has 0 bridgehead atoms. The van der Waals surface area contributed by atoms with Crippen molar-refractivity contribution in [1.82, 2.24) is 19.6 Å². The van der Waals surface area contributed by atoms with Crippen LogP contribution in [0.15, 0.2) is 48.8 Å². The molecule has 0 atom stereocenters. The van der Waals surface area contributed by atoms with Crippen LogP contribution in [0.1, 0.15) is 5.56 Å². The number of aromatic nitrogens is 4. The third-order valence-electron chi connectivity index (χ3n) is 4.61. The van der Waals surface area contributed by atoms with Crippen LogP contribution < -0.4 is 20.5 Å². The fourth-order valence-corrected chi connectivity index (χ4v) is 3.19. The molecule has 13 heteroatoms. The fourth-order valence-electron chi connectivity index (χ4n) is 3.19. The van der Waals surface area contributed by atoms with Crippen LogP contribution in [0.3, 0.4) is 0 Å². The molecule has 176 valence electrons. The number of benzene rings is 1. The second kappa shape index (κ2) is 8.84. The van der Waals surface area contributed by atoms with Crippen molar-refractivity contribution >= 4 is 23.2 Å². The zero-order valence-electron chi connectivity index (χ0n) is 17.4. The normalized spacial score (nSPS) is 11.4.